The summed E-state index contributed by atoms with van der Waals surface area (Å²) in [5, 5.41) is 67.3. The number of carbonyl (C=O) groups is 2. The van der Waals surface area contributed by atoms with Gasteiger partial charge in [-0.3, -0.25) is 18.5 Å². The van der Waals surface area contributed by atoms with E-state index in [2.05, 4.69) is 53.5 Å². The number of rotatable bonds is 14. The molecule has 21 nitrogen and oxygen atoms in total. The zero-order valence-electron chi connectivity index (χ0n) is 34.9. The highest BCUT2D eigenvalue weighted by atomic mass is 32.2. The third kappa shape index (κ3) is 10.3. The van der Waals surface area contributed by atoms with E-state index in [1.807, 2.05) is 6.07 Å². The molecule has 0 aliphatic carbocycles. The first-order chi connectivity index (χ1) is 32.4. The Morgan fingerprint density at radius 2 is 1.28 bits per heavy atom. The van der Waals surface area contributed by atoms with Crippen LogP contribution < -0.4 is 16.0 Å². The van der Waals surface area contributed by atoms with Gasteiger partial charge in [-0.1, -0.05) is 29.5 Å². The van der Waals surface area contributed by atoms with Crippen LogP contribution in [0.5, 0.6) is 0 Å². The number of nitriles is 3. The maximum absolute atomic E-state index is 11.8. The summed E-state index contributed by atoms with van der Waals surface area (Å²) in [6, 6.07) is 29.9. The van der Waals surface area contributed by atoms with E-state index in [9.17, 15) is 56.4 Å². The first-order valence-corrected chi connectivity index (χ1v) is 23.0. The van der Waals surface area contributed by atoms with Crippen molar-refractivity contribution in [3.8, 4) is 35.0 Å². The Morgan fingerprint density at radius 3 is 1.82 bits per heavy atom. The number of aromatic carboxylic acids is 1. The molecule has 0 unspecified atom stereocenters. The fraction of sp³-hybridized carbons (Fsp3) is 0.0455. The molecule has 0 radical (unpaired) electrons. The second-order valence-electron chi connectivity index (χ2n) is 14.1. The van der Waals surface area contributed by atoms with Crippen LogP contribution >= 0.6 is 11.3 Å². The van der Waals surface area contributed by atoms with Crippen LogP contribution in [0.2, 0.25) is 0 Å². The maximum Gasteiger partial charge on any atom is 0.335 e. The molecule has 0 atom stereocenters. The van der Waals surface area contributed by atoms with E-state index >= 15 is 0 Å². The van der Waals surface area contributed by atoms with Gasteiger partial charge in [0.05, 0.1) is 26.5 Å². The lowest BCUT2D eigenvalue weighted by molar-refractivity contribution is -0.114. The minimum atomic E-state index is -4.55. The van der Waals surface area contributed by atoms with E-state index in [0.717, 1.165) is 35.6 Å². The zero-order chi connectivity index (χ0) is 48.9. The smallest absolute Gasteiger partial charge is 0.335 e. The van der Waals surface area contributed by atoms with Crippen LogP contribution in [0.25, 0.3) is 16.8 Å². The average molecular weight is 967 g/mol. The molecule has 7 aromatic rings. The second-order valence-corrected chi connectivity index (χ2v) is 18.0. The number of carboxylic acids is 1. The normalized spacial score (nSPS) is 11.5. The zero-order valence-corrected chi connectivity index (χ0v) is 37.4. The monoisotopic (exact) mass is 966 g/mol. The van der Waals surface area contributed by atoms with Gasteiger partial charge in [0.2, 0.25) is 5.91 Å². The Bertz CT molecular complexity index is 3590. The molecule has 0 saturated carbocycles. The molecule has 68 heavy (non-hydrogen) atoms. The van der Waals surface area contributed by atoms with Crippen molar-refractivity contribution in [2.24, 2.45) is 20.5 Å². The van der Waals surface area contributed by atoms with Crippen molar-refractivity contribution in [1.82, 2.24) is 9.55 Å². The number of hydrogen-bond acceptors (Lipinski definition) is 17. The van der Waals surface area contributed by atoms with Crippen LogP contribution in [0, 0.1) is 40.9 Å². The van der Waals surface area contributed by atoms with Crippen molar-refractivity contribution in [1.29, 1.82) is 15.8 Å². The highest BCUT2D eigenvalue weighted by Crippen LogP contribution is 2.49. The number of hydrogen-bond donors (Lipinski definition) is 6. The van der Waals surface area contributed by atoms with Crippen LogP contribution in [0.4, 0.5) is 50.2 Å². The predicted octanol–water partition coefficient (Wildman–Crippen LogP) is 9.99. The van der Waals surface area contributed by atoms with Gasteiger partial charge in [0, 0.05) is 47.0 Å². The van der Waals surface area contributed by atoms with Gasteiger partial charge in [-0.15, -0.1) is 20.5 Å². The lowest BCUT2D eigenvalue weighted by Gasteiger charge is -2.16. The van der Waals surface area contributed by atoms with E-state index < -0.39 is 31.1 Å². The molecule has 0 spiro atoms. The fourth-order valence-electron chi connectivity index (χ4n) is 6.47. The lowest BCUT2D eigenvalue weighted by atomic mass is 10.0. The molecule has 3 aromatic heterocycles. The van der Waals surface area contributed by atoms with Gasteiger partial charge >= 0.3 is 5.97 Å². The maximum atomic E-state index is 11.8. The number of pyridine rings is 1. The van der Waals surface area contributed by atoms with Crippen molar-refractivity contribution >= 4 is 93.7 Å². The van der Waals surface area contributed by atoms with Crippen LogP contribution in [0.3, 0.4) is 0 Å². The first kappa shape index (κ1) is 47.0. The van der Waals surface area contributed by atoms with E-state index in [1.165, 1.54) is 73.1 Å². The summed E-state index contributed by atoms with van der Waals surface area (Å²) in [4.78, 5) is 27.4. The number of anilines is 5. The second kappa shape index (κ2) is 19.3. The molecule has 3 heterocycles. The average Bonchev–Trinajstić information content (AvgIpc) is 3.88. The molecular formula is C44H30N12O9S3. The standard InChI is InChI=1S/C44H30N12O9S3/c1-24-35(22-46)39(49-30-10-14-33(15-11-30)67(60,61)62)51-40(50-31-12-16-34(17-13-31)68(63,64)65)38(24)52-54-42-36(23-47)37(26-6-8-29(9-7-26)48-25(2)57)43(66-42)55-53-41-28(21-45)18-19-56(41)32-5-3-4-27(20-32)44(58)59/h3-20H,1-2H3,(H,48,57)(H,58,59)(H2,49,50,51)(H,60,61,62)(H,63,64,65)/b54-52?,55-53-. The number of azo groups is 2. The number of thiophene rings is 1. The van der Waals surface area contributed by atoms with Gasteiger partial charge in [-0.2, -0.15) is 32.6 Å². The Labute approximate surface area is 390 Å². The van der Waals surface area contributed by atoms with Crippen molar-refractivity contribution in [2.45, 2.75) is 23.6 Å². The number of carbonyl (C=O) groups excluding carboxylic acids is 1. The van der Waals surface area contributed by atoms with Crippen molar-refractivity contribution < 1.29 is 40.6 Å². The van der Waals surface area contributed by atoms with Crippen molar-refractivity contribution in [3.63, 3.8) is 0 Å². The van der Waals surface area contributed by atoms with Gasteiger partial charge in [0.25, 0.3) is 20.2 Å². The van der Waals surface area contributed by atoms with Gasteiger partial charge in [0.15, 0.2) is 22.5 Å². The molecule has 0 aliphatic rings. The van der Waals surface area contributed by atoms with Crippen LogP contribution in [-0.4, -0.2) is 52.5 Å². The molecular weight excluding hydrogens is 937 g/mol. The first-order valence-electron chi connectivity index (χ1n) is 19.3. The minimum Gasteiger partial charge on any atom is -0.478 e. The van der Waals surface area contributed by atoms with Gasteiger partial charge in [-0.25, -0.2) is 9.78 Å². The Kier molecular flexibility index (Phi) is 13.3. The summed E-state index contributed by atoms with van der Waals surface area (Å²) in [6.45, 7) is 2.87. The lowest BCUT2D eigenvalue weighted by Crippen LogP contribution is -2.05. The topological polar surface area (TPSA) is 338 Å². The summed E-state index contributed by atoms with van der Waals surface area (Å²) in [5.41, 5.74) is 2.15. The molecule has 1 amide bonds. The van der Waals surface area contributed by atoms with E-state index in [4.69, 9.17) is 0 Å². The Hall–Kier alpha value is -8.96. The summed E-state index contributed by atoms with van der Waals surface area (Å²) >= 11 is 0.878. The van der Waals surface area contributed by atoms with Crippen LogP contribution in [0.1, 0.15) is 39.5 Å². The van der Waals surface area contributed by atoms with Crippen molar-refractivity contribution in [3.05, 3.63) is 137 Å². The van der Waals surface area contributed by atoms with Gasteiger partial charge < -0.3 is 21.1 Å². The highest BCUT2D eigenvalue weighted by Gasteiger charge is 2.24. The minimum absolute atomic E-state index is 0.00470. The predicted molar refractivity (Wildman–Crippen MR) is 247 cm³/mol. The largest absolute Gasteiger partial charge is 0.478 e. The highest BCUT2D eigenvalue weighted by molar-refractivity contribution is 7.86. The van der Waals surface area contributed by atoms with E-state index in [-0.39, 0.29) is 88.7 Å². The van der Waals surface area contributed by atoms with Crippen LogP contribution in [-0.2, 0) is 25.0 Å². The van der Waals surface area contributed by atoms with E-state index in [0.29, 0.717) is 16.9 Å². The number of aromatic nitrogens is 2. The third-order valence-electron chi connectivity index (χ3n) is 9.66. The molecule has 0 bridgehead atoms. The fourth-order valence-corrected chi connectivity index (χ4v) is 8.35. The summed E-state index contributed by atoms with van der Waals surface area (Å²) in [6.07, 6.45) is 1.52. The number of nitrogens with zero attached hydrogens (tertiary/aromatic N) is 9. The molecule has 338 valence electrons. The van der Waals surface area contributed by atoms with Gasteiger partial charge in [0.1, 0.15) is 34.5 Å². The molecule has 6 N–H and O–H groups in total. The molecule has 4 aromatic carbocycles. The molecule has 0 aliphatic heterocycles. The number of benzene rings is 4. The number of amides is 1. The SMILES string of the molecule is CC(=O)Nc1ccc(-c2c(/N=N\c3c(C#N)ccn3-c3cccc(C(=O)O)c3)sc(N=Nc3c(Nc4ccc(S(=O)(=O)O)cc4)nc(Nc4ccc(S(=O)(=O)O)cc4)c(C#N)c3C)c2C#N)cc1. The summed E-state index contributed by atoms with van der Waals surface area (Å²) in [7, 11) is -9.07. The molecule has 0 fully saturated rings. The third-order valence-corrected chi connectivity index (χ3v) is 12.4. The molecule has 0 saturated heterocycles. The summed E-state index contributed by atoms with van der Waals surface area (Å²) < 4.78 is 67.3. The van der Waals surface area contributed by atoms with Crippen molar-refractivity contribution in [2.75, 3.05) is 16.0 Å². The van der Waals surface area contributed by atoms with E-state index in [1.54, 1.807) is 30.3 Å². The Morgan fingerprint density at radius 1 is 0.706 bits per heavy atom. The van der Waals surface area contributed by atoms with Gasteiger partial charge in [-0.05, 0) is 97.4 Å². The quantitative estimate of drug-likeness (QED) is 0.0436. The number of carboxylic acid groups (broad SMARTS) is 1. The summed E-state index contributed by atoms with van der Waals surface area (Å²) in [5.74, 6) is -1.56. The molecule has 7 rings (SSSR count). The Balaban J connectivity index is 1.38. The number of nitrogens with one attached hydrogen (secondary N) is 3. The molecule has 24 heteroatoms. The van der Waals surface area contributed by atoms with Crippen LogP contribution in [0.15, 0.2) is 140 Å².